The molecule has 0 radical (unpaired) electrons. The van der Waals surface area contributed by atoms with Crippen molar-refractivity contribution in [3.8, 4) is 0 Å². The molecule has 0 aromatic carbocycles. The van der Waals surface area contributed by atoms with E-state index in [1.165, 1.54) is 19.3 Å². The number of carbonyl (C=O) groups excluding carboxylic acids is 1. The highest BCUT2D eigenvalue weighted by atomic mass is 16.5. The fraction of sp³-hybridized carbons (Fsp3) is 0.909. The molecule has 4 nitrogen and oxygen atoms in total. The first-order valence-electron chi connectivity index (χ1n) is 5.74. The van der Waals surface area contributed by atoms with Gasteiger partial charge in [-0.25, -0.2) is 4.79 Å². The molecule has 1 aliphatic carbocycles. The first kappa shape index (κ1) is 10.9. The minimum atomic E-state index is -0.875. The third-order valence-corrected chi connectivity index (χ3v) is 3.44. The molecule has 1 unspecified atom stereocenters. The Labute approximate surface area is 90.1 Å². The first-order chi connectivity index (χ1) is 7.21. The molecule has 0 amide bonds. The number of ether oxygens (including phenoxy) is 2. The second kappa shape index (κ2) is 4.49. The van der Waals surface area contributed by atoms with Crippen molar-refractivity contribution in [1.82, 2.24) is 0 Å². The summed E-state index contributed by atoms with van der Waals surface area (Å²) in [5, 5.41) is 0. The van der Waals surface area contributed by atoms with Crippen LogP contribution in [0.15, 0.2) is 0 Å². The Bertz CT molecular complexity index is 232. The number of carbonyl (C=O) groups is 1. The van der Waals surface area contributed by atoms with E-state index in [4.69, 9.17) is 15.2 Å². The lowest BCUT2D eigenvalue weighted by Gasteiger charge is -2.26. The summed E-state index contributed by atoms with van der Waals surface area (Å²) in [4.78, 5) is 11.6. The molecule has 86 valence electrons. The Hall–Kier alpha value is -0.610. The topological polar surface area (TPSA) is 61.6 Å². The maximum atomic E-state index is 11.6. The maximum Gasteiger partial charge on any atom is 0.328 e. The summed E-state index contributed by atoms with van der Waals surface area (Å²) in [7, 11) is 0. The van der Waals surface area contributed by atoms with Gasteiger partial charge in [-0.3, -0.25) is 0 Å². The van der Waals surface area contributed by atoms with Crippen LogP contribution in [0.5, 0.6) is 0 Å². The minimum Gasteiger partial charge on any atom is -0.464 e. The van der Waals surface area contributed by atoms with E-state index in [9.17, 15) is 4.79 Å². The van der Waals surface area contributed by atoms with Gasteiger partial charge in [0, 0.05) is 13.0 Å². The van der Waals surface area contributed by atoms with Gasteiger partial charge in [-0.2, -0.15) is 0 Å². The summed E-state index contributed by atoms with van der Waals surface area (Å²) in [5.74, 6) is 0.477. The summed E-state index contributed by atoms with van der Waals surface area (Å²) in [5.41, 5.74) is 4.99. The van der Waals surface area contributed by atoms with Crippen LogP contribution in [0.2, 0.25) is 0 Å². The zero-order valence-electron chi connectivity index (χ0n) is 9.04. The standard InChI is InChI=1S/C11H19NO3/c12-11(5-7-14-8-11)10(13)15-6-4-9-2-1-3-9/h9H,1-8,12H2. The lowest BCUT2D eigenvalue weighted by Crippen LogP contribution is -2.49. The molecule has 0 aromatic rings. The van der Waals surface area contributed by atoms with E-state index in [0.717, 1.165) is 12.3 Å². The van der Waals surface area contributed by atoms with Crippen molar-refractivity contribution in [3.05, 3.63) is 0 Å². The molecular formula is C11H19NO3. The quantitative estimate of drug-likeness (QED) is 0.703. The smallest absolute Gasteiger partial charge is 0.328 e. The Kier molecular flexibility index (Phi) is 3.26. The SMILES string of the molecule is NC1(C(=O)OCCC2CCC2)CCOC1. The highest BCUT2D eigenvalue weighted by Crippen LogP contribution is 2.29. The average molecular weight is 213 g/mol. The van der Waals surface area contributed by atoms with Crippen LogP contribution in [0, 0.1) is 5.92 Å². The van der Waals surface area contributed by atoms with Gasteiger partial charge in [-0.05, 0) is 12.3 Å². The predicted molar refractivity (Wildman–Crippen MR) is 55.3 cm³/mol. The maximum absolute atomic E-state index is 11.6. The van der Waals surface area contributed by atoms with E-state index in [0.29, 0.717) is 26.2 Å². The van der Waals surface area contributed by atoms with Crippen LogP contribution in [0.4, 0.5) is 0 Å². The number of hydrogen-bond donors (Lipinski definition) is 1. The number of nitrogens with two attached hydrogens (primary N) is 1. The third kappa shape index (κ3) is 2.49. The molecule has 2 rings (SSSR count). The fourth-order valence-corrected chi connectivity index (χ4v) is 1.99. The third-order valence-electron chi connectivity index (χ3n) is 3.44. The highest BCUT2D eigenvalue weighted by molar-refractivity contribution is 5.81. The Balaban J connectivity index is 1.67. The van der Waals surface area contributed by atoms with E-state index in [-0.39, 0.29) is 5.97 Å². The Morgan fingerprint density at radius 3 is 2.87 bits per heavy atom. The van der Waals surface area contributed by atoms with Gasteiger partial charge in [0.15, 0.2) is 0 Å². The van der Waals surface area contributed by atoms with E-state index >= 15 is 0 Å². The molecular weight excluding hydrogens is 194 g/mol. The molecule has 2 aliphatic rings. The monoisotopic (exact) mass is 213 g/mol. The fourth-order valence-electron chi connectivity index (χ4n) is 1.99. The van der Waals surface area contributed by atoms with Gasteiger partial charge >= 0.3 is 5.97 Å². The number of esters is 1. The van der Waals surface area contributed by atoms with E-state index < -0.39 is 5.54 Å². The molecule has 4 heteroatoms. The van der Waals surface area contributed by atoms with Crippen LogP contribution < -0.4 is 5.73 Å². The summed E-state index contributed by atoms with van der Waals surface area (Å²) >= 11 is 0. The Morgan fingerprint density at radius 1 is 1.53 bits per heavy atom. The summed E-state index contributed by atoms with van der Waals surface area (Å²) in [6.07, 6.45) is 5.47. The normalized spacial score (nSPS) is 31.3. The molecule has 1 saturated carbocycles. The predicted octanol–water partition coefficient (Wildman–Crippen LogP) is 0.838. The lowest BCUT2D eigenvalue weighted by atomic mass is 9.83. The van der Waals surface area contributed by atoms with E-state index in [1.54, 1.807) is 0 Å². The van der Waals surface area contributed by atoms with Crippen molar-refractivity contribution < 1.29 is 14.3 Å². The number of rotatable bonds is 4. The van der Waals surface area contributed by atoms with Crippen molar-refractivity contribution in [1.29, 1.82) is 0 Å². The van der Waals surface area contributed by atoms with Crippen LogP contribution in [0.1, 0.15) is 32.1 Å². The molecule has 0 bridgehead atoms. The van der Waals surface area contributed by atoms with Crippen LogP contribution in [-0.4, -0.2) is 31.3 Å². The van der Waals surface area contributed by atoms with Gasteiger partial charge in [0.2, 0.25) is 0 Å². The molecule has 0 aromatic heterocycles. The van der Waals surface area contributed by atoms with E-state index in [2.05, 4.69) is 0 Å². The minimum absolute atomic E-state index is 0.292. The molecule has 15 heavy (non-hydrogen) atoms. The molecule has 1 aliphatic heterocycles. The van der Waals surface area contributed by atoms with Crippen LogP contribution in [0.3, 0.4) is 0 Å². The molecule has 1 saturated heterocycles. The second-order valence-electron chi connectivity index (χ2n) is 4.68. The van der Waals surface area contributed by atoms with Crippen molar-refractivity contribution in [2.24, 2.45) is 11.7 Å². The summed E-state index contributed by atoms with van der Waals surface area (Å²) < 4.78 is 10.3. The lowest BCUT2D eigenvalue weighted by molar-refractivity contribution is -0.150. The van der Waals surface area contributed by atoms with E-state index in [1.807, 2.05) is 0 Å². The van der Waals surface area contributed by atoms with Crippen molar-refractivity contribution in [3.63, 3.8) is 0 Å². The molecule has 1 heterocycles. The second-order valence-corrected chi connectivity index (χ2v) is 4.68. The molecule has 2 N–H and O–H groups in total. The molecule has 2 fully saturated rings. The molecule has 0 spiro atoms. The number of hydrogen-bond acceptors (Lipinski definition) is 4. The van der Waals surface area contributed by atoms with Gasteiger partial charge < -0.3 is 15.2 Å². The van der Waals surface area contributed by atoms with Gasteiger partial charge in [0.1, 0.15) is 5.54 Å². The molecule has 1 atom stereocenters. The van der Waals surface area contributed by atoms with Crippen LogP contribution in [-0.2, 0) is 14.3 Å². The zero-order chi connectivity index (χ0) is 10.7. The largest absolute Gasteiger partial charge is 0.464 e. The van der Waals surface area contributed by atoms with Crippen molar-refractivity contribution >= 4 is 5.97 Å². The average Bonchev–Trinajstić information content (AvgIpc) is 2.58. The summed E-state index contributed by atoms with van der Waals surface area (Å²) in [6, 6.07) is 0. The van der Waals surface area contributed by atoms with Crippen LogP contribution >= 0.6 is 0 Å². The summed E-state index contributed by atoms with van der Waals surface area (Å²) in [6.45, 7) is 1.38. The van der Waals surface area contributed by atoms with Crippen molar-refractivity contribution in [2.45, 2.75) is 37.6 Å². The van der Waals surface area contributed by atoms with Crippen molar-refractivity contribution in [2.75, 3.05) is 19.8 Å². The highest BCUT2D eigenvalue weighted by Gasteiger charge is 2.39. The Morgan fingerprint density at radius 2 is 2.33 bits per heavy atom. The first-order valence-corrected chi connectivity index (χ1v) is 5.74. The van der Waals surface area contributed by atoms with Gasteiger partial charge in [-0.1, -0.05) is 19.3 Å². The van der Waals surface area contributed by atoms with Gasteiger partial charge in [0.05, 0.1) is 13.2 Å². The van der Waals surface area contributed by atoms with Gasteiger partial charge in [0.25, 0.3) is 0 Å². The zero-order valence-corrected chi connectivity index (χ0v) is 9.04. The van der Waals surface area contributed by atoms with Crippen LogP contribution in [0.25, 0.3) is 0 Å². The van der Waals surface area contributed by atoms with Gasteiger partial charge in [-0.15, -0.1) is 0 Å².